The average Bonchev–Trinajstić information content (AvgIpc) is 3.05. The van der Waals surface area contributed by atoms with Gasteiger partial charge in [-0.3, -0.25) is 9.69 Å². The van der Waals surface area contributed by atoms with E-state index < -0.39 is 12.1 Å². The first kappa shape index (κ1) is 32.0. The minimum Gasteiger partial charge on any atom is -0.489 e. The topological polar surface area (TPSA) is 70.1 Å². The maximum absolute atomic E-state index is 13.4. The molecule has 2 saturated heterocycles. The number of carboxylic acids is 1. The van der Waals surface area contributed by atoms with Gasteiger partial charge in [-0.15, -0.1) is 0 Å². The third-order valence-corrected chi connectivity index (χ3v) is 8.89. The Kier molecular flexibility index (Phi) is 10.1. The molecule has 0 saturated carbocycles. The summed E-state index contributed by atoms with van der Waals surface area (Å²) in [6.07, 6.45) is -0.463. The van der Waals surface area contributed by atoms with Gasteiger partial charge in [0, 0.05) is 30.8 Å². The molecule has 0 aliphatic carbocycles. The normalized spacial score (nSPS) is 16.6. The summed E-state index contributed by atoms with van der Waals surface area (Å²) in [5.41, 5.74) is 3.65. The summed E-state index contributed by atoms with van der Waals surface area (Å²) in [7, 11) is 0. The van der Waals surface area contributed by atoms with Gasteiger partial charge in [0.1, 0.15) is 12.4 Å². The molecule has 1 amide bonds. The van der Waals surface area contributed by atoms with E-state index in [2.05, 4.69) is 76.5 Å². The highest BCUT2D eigenvalue weighted by atomic mass is 19.4. The van der Waals surface area contributed by atoms with Gasteiger partial charge in [0.25, 0.3) is 5.91 Å². The average molecular weight is 619 g/mol. The lowest BCUT2D eigenvalue weighted by Crippen LogP contribution is -2.48. The quantitative estimate of drug-likeness (QED) is 0.241. The zero-order valence-corrected chi connectivity index (χ0v) is 25.0. The van der Waals surface area contributed by atoms with Crippen LogP contribution in [0.3, 0.4) is 0 Å². The second-order valence-corrected chi connectivity index (χ2v) is 11.8. The zero-order valence-electron chi connectivity index (χ0n) is 25.0. The number of halogens is 3. The predicted molar refractivity (Wildman–Crippen MR) is 167 cm³/mol. The summed E-state index contributed by atoms with van der Waals surface area (Å²) < 4.78 is 37.9. The van der Waals surface area contributed by atoms with Crippen LogP contribution in [0.4, 0.5) is 13.2 Å². The van der Waals surface area contributed by atoms with Crippen LogP contribution in [0, 0.1) is 5.41 Å². The van der Waals surface area contributed by atoms with Crippen LogP contribution in [0.1, 0.15) is 47.2 Å². The van der Waals surface area contributed by atoms with Gasteiger partial charge in [-0.05, 0) is 72.7 Å². The zero-order chi connectivity index (χ0) is 31.9. The van der Waals surface area contributed by atoms with Gasteiger partial charge < -0.3 is 14.7 Å². The molecular formula is C36H37F3N2O4. The van der Waals surface area contributed by atoms with Crippen molar-refractivity contribution in [2.75, 3.05) is 26.2 Å². The second-order valence-electron chi connectivity index (χ2n) is 11.8. The van der Waals surface area contributed by atoms with Crippen LogP contribution in [-0.4, -0.2) is 59.1 Å². The van der Waals surface area contributed by atoms with Crippen molar-refractivity contribution in [3.8, 4) is 5.75 Å². The number of carbonyl (C=O) groups is 2. The molecule has 0 unspecified atom stereocenters. The molecule has 2 heterocycles. The molecule has 1 spiro atoms. The summed E-state index contributed by atoms with van der Waals surface area (Å²) in [5, 5.41) is 9.31. The highest BCUT2D eigenvalue weighted by Crippen LogP contribution is 2.42. The van der Waals surface area contributed by atoms with Gasteiger partial charge in [-0.25, -0.2) is 4.79 Å². The fourth-order valence-corrected chi connectivity index (χ4v) is 6.20. The molecule has 9 heteroatoms. The van der Waals surface area contributed by atoms with E-state index in [0.29, 0.717) is 12.0 Å². The van der Waals surface area contributed by atoms with Crippen LogP contribution in [0.25, 0.3) is 10.8 Å². The largest absolute Gasteiger partial charge is 0.490 e. The van der Waals surface area contributed by atoms with Crippen molar-refractivity contribution < 1.29 is 32.6 Å². The first-order valence-electron chi connectivity index (χ1n) is 15.2. The van der Waals surface area contributed by atoms with Crippen LogP contribution < -0.4 is 4.74 Å². The monoisotopic (exact) mass is 618 g/mol. The molecule has 0 atom stereocenters. The summed E-state index contributed by atoms with van der Waals surface area (Å²) in [6, 6.07) is 33.1. The van der Waals surface area contributed by atoms with E-state index in [1.54, 1.807) is 0 Å². The van der Waals surface area contributed by atoms with E-state index >= 15 is 0 Å². The molecule has 45 heavy (non-hydrogen) atoms. The number of hydrogen-bond acceptors (Lipinski definition) is 4. The van der Waals surface area contributed by atoms with E-state index in [0.717, 1.165) is 67.7 Å². The Bertz CT molecular complexity index is 1590. The Morgan fingerprint density at radius 1 is 0.756 bits per heavy atom. The van der Waals surface area contributed by atoms with E-state index in [9.17, 15) is 18.0 Å². The molecule has 4 aromatic rings. The molecule has 2 aliphatic heterocycles. The smallest absolute Gasteiger partial charge is 0.489 e. The van der Waals surface area contributed by atoms with Crippen molar-refractivity contribution >= 4 is 22.6 Å². The number of amides is 1. The Hall–Kier alpha value is -4.37. The maximum atomic E-state index is 13.4. The minimum atomic E-state index is -5.08. The summed E-state index contributed by atoms with van der Waals surface area (Å²) in [5.74, 6) is -1.59. The highest BCUT2D eigenvalue weighted by molar-refractivity contribution is 6.07. The number of nitrogens with zero attached hydrogens (tertiary/aromatic N) is 2. The van der Waals surface area contributed by atoms with Gasteiger partial charge in [-0.2, -0.15) is 13.2 Å². The summed E-state index contributed by atoms with van der Waals surface area (Å²) in [4.78, 5) is 27.0. The summed E-state index contributed by atoms with van der Waals surface area (Å²) in [6.45, 7) is 5.44. The van der Waals surface area contributed by atoms with Crippen LogP contribution in [-0.2, 0) is 17.9 Å². The Morgan fingerprint density at radius 3 is 2.02 bits per heavy atom. The molecule has 2 fully saturated rings. The van der Waals surface area contributed by atoms with Gasteiger partial charge >= 0.3 is 12.1 Å². The SMILES string of the molecule is O=C(O)C(F)(F)F.O=C(c1cccc2ccccc12)N1CCC2(CCN(Cc3ccccc3OCc3ccccc3)CC2)CC1. The van der Waals surface area contributed by atoms with E-state index in [1.807, 2.05) is 30.3 Å². The molecule has 236 valence electrons. The number of para-hydroxylation sites is 1. The first-order valence-corrected chi connectivity index (χ1v) is 15.2. The van der Waals surface area contributed by atoms with Gasteiger partial charge in [0.15, 0.2) is 0 Å². The number of carbonyl (C=O) groups excluding carboxylic acids is 1. The fourth-order valence-electron chi connectivity index (χ4n) is 6.20. The van der Waals surface area contributed by atoms with Crippen molar-refractivity contribution in [1.82, 2.24) is 9.80 Å². The Labute approximate surface area is 261 Å². The molecule has 2 aliphatic rings. The van der Waals surface area contributed by atoms with Crippen molar-refractivity contribution in [2.45, 2.75) is 45.0 Å². The Balaban J connectivity index is 0.000000515. The standard InChI is InChI=1S/C34H36N2O2.C2HF3O2/c37-33(31-15-8-13-28-11-4-6-14-30(28)31)36-23-19-34(20-24-36)17-21-35(22-18-34)25-29-12-5-7-16-32(29)38-26-27-9-2-1-3-10-27;3-2(4,5)1(6)7/h1-16H,17-26H2;(H,6,7). The maximum Gasteiger partial charge on any atom is 0.490 e. The number of hydrogen-bond donors (Lipinski definition) is 1. The predicted octanol–water partition coefficient (Wildman–Crippen LogP) is 7.57. The van der Waals surface area contributed by atoms with Crippen LogP contribution in [0.5, 0.6) is 5.75 Å². The number of likely N-dealkylation sites (tertiary alicyclic amines) is 2. The number of fused-ring (bicyclic) bond motifs is 1. The van der Waals surface area contributed by atoms with Crippen molar-refractivity contribution in [2.24, 2.45) is 5.41 Å². The molecule has 6 rings (SSSR count). The van der Waals surface area contributed by atoms with E-state index in [-0.39, 0.29) is 5.91 Å². The van der Waals surface area contributed by atoms with Crippen LogP contribution in [0.15, 0.2) is 97.1 Å². The Morgan fingerprint density at radius 2 is 1.33 bits per heavy atom. The molecule has 1 N–H and O–H groups in total. The lowest BCUT2D eigenvalue weighted by atomic mass is 9.71. The van der Waals surface area contributed by atoms with Gasteiger partial charge in [-0.1, -0.05) is 84.9 Å². The van der Waals surface area contributed by atoms with Crippen molar-refractivity contribution in [3.05, 3.63) is 114 Å². The summed E-state index contributed by atoms with van der Waals surface area (Å²) >= 11 is 0. The fraction of sp³-hybridized carbons (Fsp3) is 0.333. The van der Waals surface area contributed by atoms with Gasteiger partial charge in [0.2, 0.25) is 0 Å². The third-order valence-electron chi connectivity index (χ3n) is 8.89. The first-order chi connectivity index (χ1) is 21.6. The molecule has 4 aromatic carbocycles. The van der Waals surface area contributed by atoms with E-state index in [4.69, 9.17) is 14.6 Å². The second kappa shape index (κ2) is 14.2. The number of rotatable bonds is 6. The third kappa shape index (κ3) is 8.22. The molecule has 6 nitrogen and oxygen atoms in total. The lowest BCUT2D eigenvalue weighted by molar-refractivity contribution is -0.192. The number of carboxylic acid groups (broad SMARTS) is 1. The highest BCUT2D eigenvalue weighted by Gasteiger charge is 2.39. The van der Waals surface area contributed by atoms with E-state index in [1.165, 1.54) is 24.0 Å². The van der Waals surface area contributed by atoms with Crippen LogP contribution in [0.2, 0.25) is 0 Å². The lowest BCUT2D eigenvalue weighted by Gasteiger charge is -2.47. The van der Waals surface area contributed by atoms with Crippen LogP contribution >= 0.6 is 0 Å². The van der Waals surface area contributed by atoms with Crippen molar-refractivity contribution in [3.63, 3.8) is 0 Å². The number of benzene rings is 4. The molecule has 0 aromatic heterocycles. The number of piperidine rings is 2. The van der Waals surface area contributed by atoms with Crippen molar-refractivity contribution in [1.29, 1.82) is 0 Å². The number of aliphatic carboxylic acids is 1. The van der Waals surface area contributed by atoms with Gasteiger partial charge in [0.05, 0.1) is 0 Å². The number of alkyl halides is 3. The number of ether oxygens (including phenoxy) is 1. The minimum absolute atomic E-state index is 0.182. The molecule has 0 bridgehead atoms. The molecular weight excluding hydrogens is 581 g/mol. The molecule has 0 radical (unpaired) electrons.